The fraction of sp³-hybridized carbons (Fsp3) is 0.167. The normalized spacial score (nSPS) is 10.9. The lowest BCUT2D eigenvalue weighted by Gasteiger charge is -2.01. The fourth-order valence-electron chi connectivity index (χ4n) is 1.16. The first-order chi connectivity index (χ1) is 7.11. The second-order valence-electron chi connectivity index (χ2n) is 3.31. The smallest absolute Gasteiger partial charge is 0.221 e. The molecule has 1 aromatic carbocycles. The summed E-state index contributed by atoms with van der Waals surface area (Å²) in [5.41, 5.74) is 2.36. The molecule has 78 valence electrons. The van der Waals surface area contributed by atoms with Crippen molar-refractivity contribution in [3.05, 3.63) is 35.4 Å². The highest BCUT2D eigenvalue weighted by molar-refractivity contribution is 5.88. The molecule has 0 radical (unpaired) electrons. The van der Waals surface area contributed by atoms with Crippen LogP contribution < -0.4 is 5.32 Å². The van der Waals surface area contributed by atoms with Gasteiger partial charge in [0.2, 0.25) is 5.91 Å². The molecule has 0 aliphatic rings. The van der Waals surface area contributed by atoms with Crippen LogP contribution in [0.1, 0.15) is 19.4 Å². The van der Waals surface area contributed by atoms with Crippen LogP contribution in [0.4, 0.5) is 5.69 Å². The van der Waals surface area contributed by atoms with Crippen molar-refractivity contribution >= 4 is 24.0 Å². The minimum absolute atomic E-state index is 0.0950. The van der Waals surface area contributed by atoms with Crippen LogP contribution in [0, 0.1) is 0 Å². The van der Waals surface area contributed by atoms with Crippen LogP contribution in [-0.2, 0) is 9.59 Å². The number of rotatable bonds is 3. The van der Waals surface area contributed by atoms with Crippen molar-refractivity contribution in [3.63, 3.8) is 0 Å². The lowest BCUT2D eigenvalue weighted by Crippen LogP contribution is -2.05. The molecule has 1 aromatic rings. The first kappa shape index (κ1) is 11.2. The highest BCUT2D eigenvalue weighted by Gasteiger charge is 1.95. The van der Waals surface area contributed by atoms with Crippen molar-refractivity contribution in [2.75, 3.05) is 5.32 Å². The molecule has 0 bridgehead atoms. The van der Waals surface area contributed by atoms with Crippen LogP contribution in [0.25, 0.3) is 6.08 Å². The largest absolute Gasteiger partial charge is 0.326 e. The number of hydrogen-bond donors (Lipinski definition) is 1. The molecule has 0 saturated carbocycles. The Kier molecular flexibility index (Phi) is 3.80. The van der Waals surface area contributed by atoms with Crippen LogP contribution in [0.3, 0.4) is 0 Å². The van der Waals surface area contributed by atoms with E-state index in [0.29, 0.717) is 5.57 Å². The Morgan fingerprint density at radius 1 is 1.20 bits per heavy atom. The number of benzene rings is 1. The summed E-state index contributed by atoms with van der Waals surface area (Å²) in [6, 6.07) is 7.28. The van der Waals surface area contributed by atoms with E-state index in [1.165, 1.54) is 6.92 Å². The first-order valence-corrected chi connectivity index (χ1v) is 4.63. The Labute approximate surface area is 88.8 Å². The van der Waals surface area contributed by atoms with Crippen molar-refractivity contribution in [1.82, 2.24) is 0 Å². The standard InChI is InChI=1S/C12H13NO2/c1-9(8-14)7-11-3-5-12(6-4-11)13-10(2)15/h3-8H,1-2H3,(H,13,15). The van der Waals surface area contributed by atoms with Gasteiger partial charge in [-0.2, -0.15) is 0 Å². The fourth-order valence-corrected chi connectivity index (χ4v) is 1.16. The minimum atomic E-state index is -0.0950. The number of nitrogens with one attached hydrogen (secondary N) is 1. The summed E-state index contributed by atoms with van der Waals surface area (Å²) in [5.74, 6) is -0.0950. The number of carbonyl (C=O) groups excluding carboxylic acids is 2. The minimum Gasteiger partial charge on any atom is -0.326 e. The summed E-state index contributed by atoms with van der Waals surface area (Å²) >= 11 is 0. The number of aldehydes is 1. The Hall–Kier alpha value is -1.90. The van der Waals surface area contributed by atoms with E-state index < -0.39 is 0 Å². The molecular formula is C12H13NO2. The summed E-state index contributed by atoms with van der Waals surface area (Å²) in [5, 5.41) is 2.67. The van der Waals surface area contributed by atoms with Crippen molar-refractivity contribution in [2.24, 2.45) is 0 Å². The van der Waals surface area contributed by atoms with Gasteiger partial charge in [0.1, 0.15) is 6.29 Å². The lowest BCUT2D eigenvalue weighted by molar-refractivity contribution is -0.114. The van der Waals surface area contributed by atoms with Gasteiger partial charge in [0, 0.05) is 12.6 Å². The summed E-state index contributed by atoms with van der Waals surface area (Å²) in [4.78, 5) is 21.1. The van der Waals surface area contributed by atoms with E-state index in [1.807, 2.05) is 12.1 Å². The number of hydrogen-bond acceptors (Lipinski definition) is 2. The van der Waals surface area contributed by atoms with Crippen LogP contribution in [-0.4, -0.2) is 12.2 Å². The maximum Gasteiger partial charge on any atom is 0.221 e. The zero-order valence-electron chi connectivity index (χ0n) is 8.78. The maximum atomic E-state index is 10.8. The van der Waals surface area contributed by atoms with Crippen LogP contribution in [0.15, 0.2) is 29.8 Å². The van der Waals surface area contributed by atoms with E-state index in [0.717, 1.165) is 17.5 Å². The van der Waals surface area contributed by atoms with Gasteiger partial charge in [-0.3, -0.25) is 9.59 Å². The molecule has 0 aromatic heterocycles. The highest BCUT2D eigenvalue weighted by Crippen LogP contribution is 2.11. The van der Waals surface area contributed by atoms with Gasteiger partial charge in [0.25, 0.3) is 0 Å². The van der Waals surface area contributed by atoms with Crippen molar-refractivity contribution in [1.29, 1.82) is 0 Å². The molecule has 0 unspecified atom stereocenters. The molecule has 0 aliphatic heterocycles. The Balaban J connectivity index is 2.81. The van der Waals surface area contributed by atoms with E-state index in [4.69, 9.17) is 0 Å². The van der Waals surface area contributed by atoms with Gasteiger partial charge in [0.05, 0.1) is 0 Å². The Morgan fingerprint density at radius 2 is 1.80 bits per heavy atom. The summed E-state index contributed by atoms with van der Waals surface area (Å²) in [6.07, 6.45) is 2.59. The molecule has 15 heavy (non-hydrogen) atoms. The summed E-state index contributed by atoms with van der Waals surface area (Å²) in [6.45, 7) is 3.21. The Morgan fingerprint density at radius 3 is 2.27 bits per heavy atom. The number of anilines is 1. The van der Waals surface area contributed by atoms with E-state index in [-0.39, 0.29) is 5.91 Å². The van der Waals surface area contributed by atoms with E-state index in [2.05, 4.69) is 5.32 Å². The molecular weight excluding hydrogens is 190 g/mol. The second kappa shape index (κ2) is 5.10. The highest BCUT2D eigenvalue weighted by atomic mass is 16.1. The van der Waals surface area contributed by atoms with Gasteiger partial charge in [-0.1, -0.05) is 12.1 Å². The van der Waals surface area contributed by atoms with Gasteiger partial charge < -0.3 is 5.32 Å². The van der Waals surface area contributed by atoms with Crippen molar-refractivity contribution in [2.45, 2.75) is 13.8 Å². The molecule has 3 nitrogen and oxygen atoms in total. The molecule has 1 rings (SSSR count). The number of carbonyl (C=O) groups is 2. The van der Waals surface area contributed by atoms with Crippen molar-refractivity contribution < 1.29 is 9.59 Å². The molecule has 0 heterocycles. The van der Waals surface area contributed by atoms with E-state index in [1.54, 1.807) is 25.1 Å². The predicted octanol–water partition coefficient (Wildman–Crippen LogP) is 2.25. The van der Waals surface area contributed by atoms with Gasteiger partial charge in [0.15, 0.2) is 0 Å². The topological polar surface area (TPSA) is 46.2 Å². The number of allylic oxidation sites excluding steroid dienone is 1. The van der Waals surface area contributed by atoms with E-state index >= 15 is 0 Å². The predicted molar refractivity (Wildman–Crippen MR) is 60.5 cm³/mol. The number of amides is 1. The zero-order valence-corrected chi connectivity index (χ0v) is 8.78. The molecule has 0 spiro atoms. The molecule has 0 atom stereocenters. The van der Waals surface area contributed by atoms with Gasteiger partial charge in [-0.25, -0.2) is 0 Å². The molecule has 0 saturated heterocycles. The monoisotopic (exact) mass is 203 g/mol. The molecule has 1 N–H and O–H groups in total. The summed E-state index contributed by atoms with van der Waals surface area (Å²) < 4.78 is 0. The molecule has 3 heteroatoms. The molecule has 0 fully saturated rings. The third-order valence-corrected chi connectivity index (χ3v) is 1.81. The molecule has 0 aliphatic carbocycles. The van der Waals surface area contributed by atoms with E-state index in [9.17, 15) is 9.59 Å². The first-order valence-electron chi connectivity index (χ1n) is 4.63. The quantitative estimate of drug-likeness (QED) is 0.605. The van der Waals surface area contributed by atoms with Crippen LogP contribution in [0.2, 0.25) is 0 Å². The third-order valence-electron chi connectivity index (χ3n) is 1.81. The average molecular weight is 203 g/mol. The SMILES string of the molecule is CC(=O)Nc1ccc(C=C(C)C=O)cc1. The van der Waals surface area contributed by atoms with Crippen LogP contribution >= 0.6 is 0 Å². The average Bonchev–Trinajstić information content (AvgIpc) is 2.20. The summed E-state index contributed by atoms with van der Waals surface area (Å²) in [7, 11) is 0. The van der Waals surface area contributed by atoms with Crippen LogP contribution in [0.5, 0.6) is 0 Å². The lowest BCUT2D eigenvalue weighted by atomic mass is 10.1. The Bertz CT molecular complexity index is 391. The van der Waals surface area contributed by atoms with Gasteiger partial charge in [-0.15, -0.1) is 0 Å². The van der Waals surface area contributed by atoms with Gasteiger partial charge in [-0.05, 0) is 36.3 Å². The molecule has 1 amide bonds. The maximum absolute atomic E-state index is 10.8. The third kappa shape index (κ3) is 3.77. The van der Waals surface area contributed by atoms with Gasteiger partial charge >= 0.3 is 0 Å². The van der Waals surface area contributed by atoms with Crippen molar-refractivity contribution in [3.8, 4) is 0 Å². The second-order valence-corrected chi connectivity index (χ2v) is 3.31. The zero-order chi connectivity index (χ0) is 11.3.